The number of methoxy groups -OCH3 is 1. The zero-order valence-corrected chi connectivity index (χ0v) is 20.3. The first-order chi connectivity index (χ1) is 16.3. The molecule has 0 saturated heterocycles. The molecule has 2 amide bonds. The van der Waals surface area contributed by atoms with Crippen molar-refractivity contribution in [1.82, 2.24) is 20.1 Å². The second kappa shape index (κ2) is 11.5. The molecule has 0 aliphatic rings. The van der Waals surface area contributed by atoms with Gasteiger partial charge in [0.25, 0.3) is 5.91 Å². The highest BCUT2D eigenvalue weighted by molar-refractivity contribution is 7.99. The van der Waals surface area contributed by atoms with E-state index in [4.69, 9.17) is 4.74 Å². The van der Waals surface area contributed by atoms with Gasteiger partial charge in [0.1, 0.15) is 0 Å². The monoisotopic (exact) mass is 481 g/mol. The molecule has 1 atom stereocenters. The summed E-state index contributed by atoms with van der Waals surface area (Å²) in [5.74, 6) is -0.208. The van der Waals surface area contributed by atoms with Gasteiger partial charge in [-0.1, -0.05) is 35.5 Å². The van der Waals surface area contributed by atoms with E-state index >= 15 is 0 Å². The van der Waals surface area contributed by atoms with Crippen LogP contribution in [0.2, 0.25) is 0 Å². The van der Waals surface area contributed by atoms with Crippen molar-refractivity contribution < 1.29 is 19.1 Å². The minimum Gasteiger partial charge on any atom is -0.465 e. The van der Waals surface area contributed by atoms with E-state index in [-0.39, 0.29) is 23.6 Å². The van der Waals surface area contributed by atoms with Gasteiger partial charge in [0.2, 0.25) is 5.91 Å². The number of esters is 1. The minimum absolute atomic E-state index is 0.102. The molecule has 0 saturated carbocycles. The number of benzene rings is 2. The fourth-order valence-corrected chi connectivity index (χ4v) is 4.05. The Hall–Kier alpha value is -3.66. The summed E-state index contributed by atoms with van der Waals surface area (Å²) in [5.41, 5.74) is 2.50. The molecular formula is C24H27N5O4S. The molecule has 0 unspecified atom stereocenters. The van der Waals surface area contributed by atoms with Crippen LogP contribution in [0.5, 0.6) is 0 Å². The number of nitrogens with zero attached hydrogens (tertiary/aromatic N) is 3. The van der Waals surface area contributed by atoms with E-state index in [2.05, 4.69) is 20.8 Å². The van der Waals surface area contributed by atoms with Crippen molar-refractivity contribution in [3.63, 3.8) is 0 Å². The summed E-state index contributed by atoms with van der Waals surface area (Å²) >= 11 is 1.24. The van der Waals surface area contributed by atoms with E-state index in [9.17, 15) is 14.4 Å². The number of aryl methyl sites for hydroxylation is 1. The van der Waals surface area contributed by atoms with Crippen LogP contribution in [0, 0.1) is 6.92 Å². The average molecular weight is 482 g/mol. The Morgan fingerprint density at radius 2 is 1.82 bits per heavy atom. The lowest BCUT2D eigenvalue weighted by Crippen LogP contribution is -2.28. The van der Waals surface area contributed by atoms with Gasteiger partial charge in [0.15, 0.2) is 11.0 Å². The van der Waals surface area contributed by atoms with Crippen LogP contribution in [0.4, 0.5) is 5.69 Å². The molecule has 2 N–H and O–H groups in total. The normalized spacial score (nSPS) is 11.5. The number of amides is 2. The van der Waals surface area contributed by atoms with Crippen molar-refractivity contribution in [3.8, 4) is 0 Å². The number of carbonyl (C=O) groups excluding carboxylic acids is 3. The van der Waals surface area contributed by atoms with Crippen LogP contribution in [0.15, 0.2) is 53.7 Å². The maximum absolute atomic E-state index is 12.6. The lowest BCUT2D eigenvalue weighted by Gasteiger charge is -2.15. The quantitative estimate of drug-likeness (QED) is 0.354. The van der Waals surface area contributed by atoms with Crippen molar-refractivity contribution in [2.75, 3.05) is 18.2 Å². The van der Waals surface area contributed by atoms with Crippen LogP contribution in [0.25, 0.3) is 0 Å². The fraction of sp³-hybridized carbons (Fsp3) is 0.292. The minimum atomic E-state index is -0.474. The standard InChI is InChI=1S/C24H27N5O4S/c1-5-29-21(16(3)25-22(31)17-11-9-15(2)10-12-17)27-28-24(29)34-14-20(30)26-19-8-6-7-18(13-19)23(32)33-4/h6-13,16H,5,14H2,1-4H3,(H,25,31)(H,26,30)/t16-/m1/s1. The first kappa shape index (κ1) is 25.0. The second-order valence-electron chi connectivity index (χ2n) is 7.56. The number of nitrogens with one attached hydrogen (secondary N) is 2. The maximum Gasteiger partial charge on any atom is 0.337 e. The number of anilines is 1. The van der Waals surface area contributed by atoms with E-state index in [1.54, 1.807) is 36.4 Å². The zero-order chi connectivity index (χ0) is 24.7. The number of aromatic nitrogens is 3. The molecule has 0 aliphatic heterocycles. The van der Waals surface area contributed by atoms with E-state index in [1.165, 1.54) is 18.9 Å². The van der Waals surface area contributed by atoms with Gasteiger partial charge in [0.05, 0.1) is 24.5 Å². The summed E-state index contributed by atoms with van der Waals surface area (Å²) in [5, 5.41) is 14.7. The Bertz CT molecular complexity index is 1180. The molecule has 0 aliphatic carbocycles. The SMILES string of the molecule is CCn1c(SCC(=O)Nc2cccc(C(=O)OC)c2)nnc1[C@@H](C)NC(=O)c1ccc(C)cc1. The van der Waals surface area contributed by atoms with Crippen LogP contribution >= 0.6 is 11.8 Å². The molecule has 3 aromatic rings. The van der Waals surface area contributed by atoms with Gasteiger partial charge in [-0.3, -0.25) is 9.59 Å². The largest absolute Gasteiger partial charge is 0.465 e. The molecule has 1 heterocycles. The Morgan fingerprint density at radius 1 is 1.09 bits per heavy atom. The van der Waals surface area contributed by atoms with Gasteiger partial charge >= 0.3 is 5.97 Å². The molecule has 34 heavy (non-hydrogen) atoms. The molecule has 178 valence electrons. The van der Waals surface area contributed by atoms with Crippen molar-refractivity contribution in [2.24, 2.45) is 0 Å². The summed E-state index contributed by atoms with van der Waals surface area (Å²) < 4.78 is 6.57. The lowest BCUT2D eigenvalue weighted by atomic mass is 10.1. The molecule has 9 nitrogen and oxygen atoms in total. The van der Waals surface area contributed by atoms with Crippen LogP contribution in [0.3, 0.4) is 0 Å². The molecule has 1 aromatic heterocycles. The molecule has 0 radical (unpaired) electrons. The van der Waals surface area contributed by atoms with Crippen LogP contribution in [0.1, 0.15) is 52.0 Å². The third-order valence-electron chi connectivity index (χ3n) is 5.01. The van der Waals surface area contributed by atoms with Gasteiger partial charge in [-0.2, -0.15) is 0 Å². The first-order valence-electron chi connectivity index (χ1n) is 10.7. The summed E-state index contributed by atoms with van der Waals surface area (Å²) in [4.78, 5) is 36.7. The maximum atomic E-state index is 12.6. The highest BCUT2D eigenvalue weighted by Crippen LogP contribution is 2.21. The number of hydrogen-bond donors (Lipinski definition) is 2. The number of carbonyl (C=O) groups is 3. The van der Waals surface area contributed by atoms with E-state index in [0.717, 1.165) is 5.56 Å². The van der Waals surface area contributed by atoms with E-state index in [1.807, 2.05) is 37.5 Å². The Balaban J connectivity index is 1.61. The van der Waals surface area contributed by atoms with Crippen molar-refractivity contribution in [2.45, 2.75) is 38.5 Å². The highest BCUT2D eigenvalue weighted by atomic mass is 32.2. The Kier molecular flexibility index (Phi) is 8.42. The van der Waals surface area contributed by atoms with Gasteiger partial charge in [-0.05, 0) is 51.1 Å². The Labute approximate surface area is 202 Å². The average Bonchev–Trinajstić information content (AvgIpc) is 3.26. The fourth-order valence-electron chi connectivity index (χ4n) is 3.24. The molecule has 0 spiro atoms. The molecule has 2 aromatic carbocycles. The lowest BCUT2D eigenvalue weighted by molar-refractivity contribution is -0.113. The summed E-state index contributed by atoms with van der Waals surface area (Å²) in [6.07, 6.45) is 0. The number of thioether (sulfide) groups is 1. The summed E-state index contributed by atoms with van der Waals surface area (Å²) in [6, 6.07) is 13.5. The third kappa shape index (κ3) is 6.22. The van der Waals surface area contributed by atoms with Crippen LogP contribution in [-0.2, 0) is 16.1 Å². The van der Waals surface area contributed by atoms with Crippen molar-refractivity contribution >= 4 is 35.2 Å². The third-order valence-corrected chi connectivity index (χ3v) is 5.98. The number of hydrogen-bond acceptors (Lipinski definition) is 7. The molecule has 10 heteroatoms. The summed E-state index contributed by atoms with van der Waals surface area (Å²) in [7, 11) is 1.30. The van der Waals surface area contributed by atoms with Gasteiger partial charge in [0, 0.05) is 17.8 Å². The molecule has 3 rings (SSSR count). The van der Waals surface area contributed by atoms with Gasteiger partial charge < -0.3 is 19.9 Å². The van der Waals surface area contributed by atoms with E-state index in [0.29, 0.717) is 34.3 Å². The molecule has 0 bridgehead atoms. The van der Waals surface area contributed by atoms with Gasteiger partial charge in [-0.15, -0.1) is 10.2 Å². The Morgan fingerprint density at radius 3 is 2.50 bits per heavy atom. The topological polar surface area (TPSA) is 115 Å². The summed E-state index contributed by atoms with van der Waals surface area (Å²) in [6.45, 7) is 6.34. The second-order valence-corrected chi connectivity index (χ2v) is 8.50. The van der Waals surface area contributed by atoms with Crippen LogP contribution < -0.4 is 10.6 Å². The number of ether oxygens (including phenoxy) is 1. The molecular weight excluding hydrogens is 454 g/mol. The smallest absolute Gasteiger partial charge is 0.337 e. The van der Waals surface area contributed by atoms with E-state index < -0.39 is 5.97 Å². The predicted molar refractivity (Wildman–Crippen MR) is 130 cm³/mol. The van der Waals surface area contributed by atoms with Crippen molar-refractivity contribution in [3.05, 3.63) is 71.0 Å². The van der Waals surface area contributed by atoms with Crippen LogP contribution in [-0.4, -0.2) is 45.4 Å². The predicted octanol–water partition coefficient (Wildman–Crippen LogP) is 3.61. The van der Waals surface area contributed by atoms with Crippen molar-refractivity contribution in [1.29, 1.82) is 0 Å². The zero-order valence-electron chi connectivity index (χ0n) is 19.5. The first-order valence-corrected chi connectivity index (χ1v) is 11.7. The van der Waals surface area contributed by atoms with Gasteiger partial charge in [-0.25, -0.2) is 4.79 Å². The number of rotatable bonds is 9. The molecule has 0 fully saturated rings. The highest BCUT2D eigenvalue weighted by Gasteiger charge is 2.20.